The summed E-state index contributed by atoms with van der Waals surface area (Å²) < 4.78 is 2.06. The number of anilines is 1. The van der Waals surface area contributed by atoms with Crippen LogP contribution in [0.1, 0.15) is 40.5 Å². The number of nitrogens with one attached hydrogen (secondary N) is 1. The van der Waals surface area contributed by atoms with Crippen LogP contribution in [-0.4, -0.2) is 28.0 Å². The molecule has 0 radical (unpaired) electrons. The molecule has 138 valence electrons. The van der Waals surface area contributed by atoms with E-state index in [1.165, 1.54) is 0 Å². The third-order valence-electron chi connectivity index (χ3n) is 5.03. The molecule has 0 atom stereocenters. The van der Waals surface area contributed by atoms with Crippen LogP contribution in [0.3, 0.4) is 0 Å². The second-order valence-electron chi connectivity index (χ2n) is 6.82. The molecule has 1 aromatic heterocycles. The summed E-state index contributed by atoms with van der Waals surface area (Å²) in [6, 6.07) is 6.41. The Hall–Kier alpha value is -2.98. The molecule has 4 rings (SSSR count). The number of aromatic nitrogens is 1. The first-order chi connectivity index (χ1) is 13.0. The number of carbonyl (C=O) groups is 2. The zero-order chi connectivity index (χ0) is 19.1. The van der Waals surface area contributed by atoms with Crippen LogP contribution in [-0.2, 0) is 13.1 Å². The van der Waals surface area contributed by atoms with Crippen LogP contribution in [0.2, 0.25) is 5.02 Å². The number of rotatable bonds is 3. The summed E-state index contributed by atoms with van der Waals surface area (Å²) in [6.45, 7) is 8.34. The molecule has 2 aliphatic rings. The highest BCUT2D eigenvalue weighted by Crippen LogP contribution is 2.46. The van der Waals surface area contributed by atoms with Crippen molar-refractivity contribution in [1.82, 2.24) is 9.47 Å². The third-order valence-corrected chi connectivity index (χ3v) is 5.41. The van der Waals surface area contributed by atoms with Crippen LogP contribution in [0, 0.1) is 6.57 Å². The standard InChI is InChI=1S/C19H18ClN5O2/c1-22-12-4-6-13(7-5-12)23-19(27)24-8-9-25-14(10-24)15(18(21)26)16(20)17(25)11-2-3-11/h4-7,11H,2-3,8-10H2,(H2,21,26)(H,23,27). The van der Waals surface area contributed by atoms with Gasteiger partial charge in [-0.3, -0.25) is 4.79 Å². The number of fused-ring (bicyclic) bond motifs is 1. The van der Waals surface area contributed by atoms with E-state index in [0.29, 0.717) is 46.7 Å². The summed E-state index contributed by atoms with van der Waals surface area (Å²) in [6.07, 6.45) is 2.12. The number of hydrogen-bond acceptors (Lipinski definition) is 2. The van der Waals surface area contributed by atoms with Crippen LogP contribution >= 0.6 is 11.6 Å². The summed E-state index contributed by atoms with van der Waals surface area (Å²) in [7, 11) is 0. The van der Waals surface area contributed by atoms with Gasteiger partial charge in [0.25, 0.3) is 5.91 Å². The van der Waals surface area contributed by atoms with Crippen molar-refractivity contribution in [3.8, 4) is 0 Å². The quantitative estimate of drug-likeness (QED) is 0.791. The van der Waals surface area contributed by atoms with Gasteiger partial charge >= 0.3 is 6.03 Å². The van der Waals surface area contributed by atoms with Crippen molar-refractivity contribution in [3.05, 3.63) is 57.7 Å². The molecule has 1 aromatic carbocycles. The maximum Gasteiger partial charge on any atom is 0.322 e. The molecule has 1 aliphatic heterocycles. The van der Waals surface area contributed by atoms with Gasteiger partial charge in [-0.05, 0) is 25.0 Å². The molecule has 1 aliphatic carbocycles. The molecule has 1 fully saturated rings. The molecule has 1 saturated carbocycles. The van der Waals surface area contributed by atoms with E-state index in [2.05, 4.69) is 14.7 Å². The van der Waals surface area contributed by atoms with Crippen molar-refractivity contribution in [2.75, 3.05) is 11.9 Å². The minimum atomic E-state index is -0.562. The number of hydrogen-bond donors (Lipinski definition) is 2. The fourth-order valence-corrected chi connectivity index (χ4v) is 4.01. The maximum atomic E-state index is 12.6. The first-order valence-electron chi connectivity index (χ1n) is 8.73. The SMILES string of the molecule is [C-]#[N+]c1ccc(NC(=O)N2CCn3c(c(C(N)=O)c(Cl)c3C3CC3)C2)cc1. The van der Waals surface area contributed by atoms with E-state index < -0.39 is 5.91 Å². The Morgan fingerprint density at radius 2 is 1.93 bits per heavy atom. The van der Waals surface area contributed by atoms with Gasteiger partial charge in [-0.1, -0.05) is 23.7 Å². The normalized spacial score (nSPS) is 15.8. The highest BCUT2D eigenvalue weighted by molar-refractivity contribution is 6.35. The molecule has 0 bridgehead atoms. The van der Waals surface area contributed by atoms with Crippen LogP contribution < -0.4 is 11.1 Å². The molecular formula is C19H18ClN5O2. The van der Waals surface area contributed by atoms with E-state index in [4.69, 9.17) is 23.9 Å². The Morgan fingerprint density at radius 3 is 2.52 bits per heavy atom. The average Bonchev–Trinajstić information content (AvgIpc) is 3.44. The van der Waals surface area contributed by atoms with Gasteiger partial charge in [0.1, 0.15) is 0 Å². The van der Waals surface area contributed by atoms with Crippen LogP contribution in [0.5, 0.6) is 0 Å². The molecule has 27 heavy (non-hydrogen) atoms. The molecule has 3 amide bonds. The van der Waals surface area contributed by atoms with Gasteiger partial charge in [-0.25, -0.2) is 9.64 Å². The number of amides is 3. The minimum Gasteiger partial charge on any atom is -0.365 e. The molecule has 0 saturated heterocycles. The van der Waals surface area contributed by atoms with Gasteiger partial charge in [-0.15, -0.1) is 0 Å². The van der Waals surface area contributed by atoms with Gasteiger partial charge in [0.05, 0.1) is 29.4 Å². The largest absolute Gasteiger partial charge is 0.365 e. The topological polar surface area (TPSA) is 84.7 Å². The number of urea groups is 1. The molecule has 2 aromatic rings. The van der Waals surface area contributed by atoms with Crippen molar-refractivity contribution >= 4 is 34.9 Å². The van der Waals surface area contributed by atoms with Crippen molar-refractivity contribution in [2.45, 2.75) is 31.8 Å². The Morgan fingerprint density at radius 1 is 1.22 bits per heavy atom. The van der Waals surface area contributed by atoms with Crippen molar-refractivity contribution in [1.29, 1.82) is 0 Å². The second kappa shape index (κ2) is 6.63. The number of primary amides is 1. The summed E-state index contributed by atoms with van der Waals surface area (Å²) in [5.74, 6) is -0.182. The Kier molecular flexibility index (Phi) is 4.28. The molecule has 0 unspecified atom stereocenters. The Balaban J connectivity index is 1.57. The van der Waals surface area contributed by atoms with E-state index in [-0.39, 0.29) is 12.6 Å². The molecule has 7 nitrogen and oxygen atoms in total. The fraction of sp³-hybridized carbons (Fsp3) is 0.316. The highest BCUT2D eigenvalue weighted by atomic mass is 35.5. The predicted octanol–water partition coefficient (Wildman–Crippen LogP) is 3.72. The lowest BCUT2D eigenvalue weighted by atomic mass is 10.2. The number of benzene rings is 1. The van der Waals surface area contributed by atoms with Crippen LogP contribution in [0.25, 0.3) is 4.85 Å². The number of nitrogens with zero attached hydrogens (tertiary/aromatic N) is 3. The molecule has 0 spiro atoms. The molecule has 3 N–H and O–H groups in total. The fourth-order valence-electron chi connectivity index (χ4n) is 3.56. The summed E-state index contributed by atoms with van der Waals surface area (Å²) >= 11 is 6.47. The molecule has 2 heterocycles. The lowest BCUT2D eigenvalue weighted by molar-refractivity contribution is 0.0997. The Labute approximate surface area is 161 Å². The van der Waals surface area contributed by atoms with E-state index in [9.17, 15) is 9.59 Å². The number of carbonyl (C=O) groups excluding carboxylic acids is 2. The summed E-state index contributed by atoms with van der Waals surface area (Å²) in [5.41, 5.74) is 8.71. The van der Waals surface area contributed by atoms with E-state index >= 15 is 0 Å². The lowest BCUT2D eigenvalue weighted by Crippen LogP contribution is -2.41. The summed E-state index contributed by atoms with van der Waals surface area (Å²) in [5, 5.41) is 3.27. The molecule has 8 heteroatoms. The van der Waals surface area contributed by atoms with E-state index in [1.54, 1.807) is 29.2 Å². The Bertz CT molecular complexity index is 969. The van der Waals surface area contributed by atoms with Gasteiger partial charge < -0.3 is 20.5 Å². The zero-order valence-corrected chi connectivity index (χ0v) is 15.3. The minimum absolute atomic E-state index is 0.266. The van der Waals surface area contributed by atoms with E-state index in [1.807, 2.05) is 0 Å². The molecular weight excluding hydrogens is 366 g/mol. The van der Waals surface area contributed by atoms with Gasteiger partial charge in [0.15, 0.2) is 5.69 Å². The lowest BCUT2D eigenvalue weighted by Gasteiger charge is -2.30. The zero-order valence-electron chi connectivity index (χ0n) is 14.5. The van der Waals surface area contributed by atoms with Crippen molar-refractivity contribution in [3.63, 3.8) is 0 Å². The van der Waals surface area contributed by atoms with E-state index in [0.717, 1.165) is 18.5 Å². The van der Waals surface area contributed by atoms with Crippen LogP contribution in [0.15, 0.2) is 24.3 Å². The highest BCUT2D eigenvalue weighted by Gasteiger charge is 2.37. The maximum absolute atomic E-state index is 12.6. The number of halogens is 1. The first-order valence-corrected chi connectivity index (χ1v) is 9.11. The average molecular weight is 384 g/mol. The summed E-state index contributed by atoms with van der Waals surface area (Å²) in [4.78, 5) is 29.6. The third kappa shape index (κ3) is 3.13. The predicted molar refractivity (Wildman–Crippen MR) is 102 cm³/mol. The van der Waals surface area contributed by atoms with Gasteiger partial charge in [0, 0.05) is 30.4 Å². The van der Waals surface area contributed by atoms with Crippen molar-refractivity contribution in [2.24, 2.45) is 5.73 Å². The van der Waals surface area contributed by atoms with Gasteiger partial charge in [0.2, 0.25) is 0 Å². The number of nitrogens with two attached hydrogens (primary N) is 1. The van der Waals surface area contributed by atoms with Gasteiger partial charge in [-0.2, -0.15) is 0 Å². The van der Waals surface area contributed by atoms with Crippen molar-refractivity contribution < 1.29 is 9.59 Å². The second-order valence-corrected chi connectivity index (χ2v) is 7.20. The smallest absolute Gasteiger partial charge is 0.322 e. The monoisotopic (exact) mass is 383 g/mol. The first kappa shape index (κ1) is 17.4. The van der Waals surface area contributed by atoms with Crippen LogP contribution in [0.4, 0.5) is 16.2 Å².